The highest BCUT2D eigenvalue weighted by molar-refractivity contribution is 5.95. The van der Waals surface area contributed by atoms with Crippen LogP contribution < -0.4 is 4.74 Å². The summed E-state index contributed by atoms with van der Waals surface area (Å²) in [5.74, 6) is 0.736. The Hall–Kier alpha value is -1.55. The van der Waals surface area contributed by atoms with Crippen LogP contribution in [-0.2, 0) is 11.3 Å². The van der Waals surface area contributed by atoms with Crippen molar-refractivity contribution in [2.24, 2.45) is 0 Å². The molecule has 1 aliphatic rings. The quantitative estimate of drug-likeness (QED) is 0.695. The molecule has 1 heterocycles. The lowest BCUT2D eigenvalue weighted by molar-refractivity contribution is 0.0339. The Morgan fingerprint density at radius 3 is 3.00 bits per heavy atom. The molecule has 1 amide bonds. The number of methoxy groups -OCH3 is 1. The van der Waals surface area contributed by atoms with Crippen molar-refractivity contribution in [3.05, 3.63) is 29.3 Å². The highest BCUT2D eigenvalue weighted by atomic mass is 16.5. The molecular formula is C11H13NO3. The Morgan fingerprint density at radius 2 is 2.27 bits per heavy atom. The molecule has 0 spiro atoms. The summed E-state index contributed by atoms with van der Waals surface area (Å²) in [6, 6.07) is 5.41. The van der Waals surface area contributed by atoms with Gasteiger partial charge in [-0.25, -0.2) is 0 Å². The van der Waals surface area contributed by atoms with Gasteiger partial charge >= 0.3 is 0 Å². The Balaban J connectivity index is 2.44. The van der Waals surface area contributed by atoms with E-state index in [0.717, 1.165) is 11.3 Å². The van der Waals surface area contributed by atoms with Crippen LogP contribution in [0.25, 0.3) is 0 Å². The topological polar surface area (TPSA) is 38.8 Å². The summed E-state index contributed by atoms with van der Waals surface area (Å²) in [4.78, 5) is 13.4. The predicted molar refractivity (Wildman–Crippen MR) is 54.7 cm³/mol. The Labute approximate surface area is 88.4 Å². The fraction of sp³-hybridized carbons (Fsp3) is 0.364. The minimum Gasteiger partial charge on any atom is -0.497 e. The van der Waals surface area contributed by atoms with Gasteiger partial charge in [-0.1, -0.05) is 0 Å². The first kappa shape index (κ1) is 9.98. The van der Waals surface area contributed by atoms with E-state index in [2.05, 4.69) is 0 Å². The first-order valence-electron chi connectivity index (χ1n) is 4.72. The van der Waals surface area contributed by atoms with Gasteiger partial charge in [0.15, 0.2) is 0 Å². The molecule has 0 saturated carbocycles. The Bertz CT molecular complexity index is 389. The second-order valence-corrected chi connectivity index (χ2v) is 3.50. The van der Waals surface area contributed by atoms with E-state index in [-0.39, 0.29) is 5.91 Å². The number of ether oxygens (including phenoxy) is 2. The van der Waals surface area contributed by atoms with Gasteiger partial charge in [-0.15, -0.1) is 0 Å². The van der Waals surface area contributed by atoms with Crippen molar-refractivity contribution >= 4 is 5.91 Å². The molecule has 0 aliphatic carbocycles. The molecule has 4 heteroatoms. The van der Waals surface area contributed by atoms with Crippen molar-refractivity contribution < 1.29 is 14.3 Å². The summed E-state index contributed by atoms with van der Waals surface area (Å²) in [5.41, 5.74) is 1.57. The largest absolute Gasteiger partial charge is 0.497 e. The predicted octanol–water partition coefficient (Wildman–Crippen LogP) is 1.25. The molecule has 0 atom stereocenters. The minimum absolute atomic E-state index is 0.00912. The fourth-order valence-electron chi connectivity index (χ4n) is 1.58. The van der Waals surface area contributed by atoms with E-state index in [9.17, 15) is 4.79 Å². The maximum atomic E-state index is 11.8. The molecular weight excluding hydrogens is 194 g/mol. The fourth-order valence-corrected chi connectivity index (χ4v) is 1.58. The Kier molecular flexibility index (Phi) is 2.60. The normalized spacial score (nSPS) is 15.9. The molecule has 1 aliphatic heterocycles. The number of rotatable bonds is 1. The number of nitrogens with zero attached hydrogens (tertiary/aromatic N) is 1. The third kappa shape index (κ3) is 1.80. The van der Waals surface area contributed by atoms with Crippen molar-refractivity contribution in [3.63, 3.8) is 0 Å². The smallest absolute Gasteiger partial charge is 0.255 e. The zero-order valence-corrected chi connectivity index (χ0v) is 8.82. The average molecular weight is 207 g/mol. The van der Waals surface area contributed by atoms with Crippen molar-refractivity contribution in [3.8, 4) is 5.75 Å². The molecule has 0 unspecified atom stereocenters. The van der Waals surface area contributed by atoms with E-state index in [1.165, 1.54) is 0 Å². The third-order valence-electron chi connectivity index (χ3n) is 2.43. The summed E-state index contributed by atoms with van der Waals surface area (Å²) in [5, 5.41) is 0. The molecule has 1 aromatic rings. The van der Waals surface area contributed by atoms with Gasteiger partial charge in [-0.2, -0.15) is 0 Å². The zero-order valence-electron chi connectivity index (χ0n) is 8.82. The van der Waals surface area contributed by atoms with E-state index < -0.39 is 0 Å². The summed E-state index contributed by atoms with van der Waals surface area (Å²) < 4.78 is 10.5. The second kappa shape index (κ2) is 3.90. The number of carbonyl (C=O) groups is 1. The van der Waals surface area contributed by atoms with Gasteiger partial charge in [0.25, 0.3) is 5.91 Å². The van der Waals surface area contributed by atoms with Gasteiger partial charge in [0.2, 0.25) is 0 Å². The zero-order chi connectivity index (χ0) is 10.8. The first-order chi connectivity index (χ1) is 7.22. The molecule has 0 aromatic heterocycles. The van der Waals surface area contributed by atoms with Gasteiger partial charge in [-0.3, -0.25) is 4.79 Å². The number of hydrogen-bond donors (Lipinski definition) is 0. The van der Waals surface area contributed by atoms with Gasteiger partial charge in [0.05, 0.1) is 13.7 Å². The van der Waals surface area contributed by atoms with Gasteiger partial charge < -0.3 is 14.4 Å². The maximum Gasteiger partial charge on any atom is 0.255 e. The molecule has 0 fully saturated rings. The number of carbonyl (C=O) groups excluding carboxylic acids is 1. The van der Waals surface area contributed by atoms with Crippen LogP contribution in [0.1, 0.15) is 15.9 Å². The van der Waals surface area contributed by atoms with Crippen LogP contribution >= 0.6 is 0 Å². The standard InChI is InChI=1S/C11H13NO3/c1-12-7-15-6-8-5-9(14-2)3-4-10(8)11(12)13/h3-5H,6-7H2,1-2H3. The summed E-state index contributed by atoms with van der Waals surface area (Å²) in [6.07, 6.45) is 0. The summed E-state index contributed by atoms with van der Waals surface area (Å²) in [7, 11) is 3.33. The molecule has 1 aromatic carbocycles. The molecule has 0 radical (unpaired) electrons. The van der Waals surface area contributed by atoms with Crippen molar-refractivity contribution in [1.29, 1.82) is 0 Å². The third-order valence-corrected chi connectivity index (χ3v) is 2.43. The van der Waals surface area contributed by atoms with Crippen LogP contribution in [0, 0.1) is 0 Å². The number of hydrogen-bond acceptors (Lipinski definition) is 3. The van der Waals surface area contributed by atoms with Crippen LogP contribution in [0.15, 0.2) is 18.2 Å². The van der Waals surface area contributed by atoms with Gasteiger partial charge in [0.1, 0.15) is 12.5 Å². The average Bonchev–Trinajstić information content (AvgIpc) is 2.40. The highest BCUT2D eigenvalue weighted by Crippen LogP contribution is 2.21. The highest BCUT2D eigenvalue weighted by Gasteiger charge is 2.19. The molecule has 80 valence electrons. The van der Waals surface area contributed by atoms with Crippen molar-refractivity contribution in [2.45, 2.75) is 6.61 Å². The van der Waals surface area contributed by atoms with E-state index in [0.29, 0.717) is 18.9 Å². The van der Waals surface area contributed by atoms with Gasteiger partial charge in [-0.05, 0) is 23.8 Å². The van der Waals surface area contributed by atoms with E-state index in [1.807, 2.05) is 6.07 Å². The molecule has 0 bridgehead atoms. The summed E-state index contributed by atoms with van der Waals surface area (Å²) >= 11 is 0. The molecule has 0 N–H and O–H groups in total. The Morgan fingerprint density at radius 1 is 1.47 bits per heavy atom. The lowest BCUT2D eigenvalue weighted by Crippen LogP contribution is -2.26. The van der Waals surface area contributed by atoms with Crippen LogP contribution in [0.3, 0.4) is 0 Å². The number of benzene rings is 1. The SMILES string of the molecule is COc1ccc2c(c1)COCN(C)C2=O. The molecule has 0 saturated heterocycles. The lowest BCUT2D eigenvalue weighted by Gasteiger charge is -2.13. The monoisotopic (exact) mass is 207 g/mol. The van der Waals surface area contributed by atoms with Crippen LogP contribution in [0.2, 0.25) is 0 Å². The second-order valence-electron chi connectivity index (χ2n) is 3.50. The first-order valence-corrected chi connectivity index (χ1v) is 4.72. The number of fused-ring (bicyclic) bond motifs is 1. The molecule has 15 heavy (non-hydrogen) atoms. The van der Waals surface area contributed by atoms with Crippen LogP contribution in [-0.4, -0.2) is 31.7 Å². The lowest BCUT2D eigenvalue weighted by atomic mass is 10.1. The molecule has 4 nitrogen and oxygen atoms in total. The van der Waals surface area contributed by atoms with E-state index >= 15 is 0 Å². The minimum atomic E-state index is -0.00912. The maximum absolute atomic E-state index is 11.8. The van der Waals surface area contributed by atoms with Crippen LogP contribution in [0.5, 0.6) is 5.75 Å². The van der Waals surface area contributed by atoms with Crippen molar-refractivity contribution in [1.82, 2.24) is 4.90 Å². The van der Waals surface area contributed by atoms with Crippen LogP contribution in [0.4, 0.5) is 0 Å². The number of amides is 1. The summed E-state index contributed by atoms with van der Waals surface area (Å²) in [6.45, 7) is 0.776. The molecule has 2 rings (SSSR count). The van der Waals surface area contributed by atoms with E-state index in [4.69, 9.17) is 9.47 Å². The van der Waals surface area contributed by atoms with E-state index in [1.54, 1.807) is 31.2 Å². The van der Waals surface area contributed by atoms with Gasteiger partial charge in [0, 0.05) is 12.6 Å². The van der Waals surface area contributed by atoms with Crippen molar-refractivity contribution in [2.75, 3.05) is 20.9 Å².